The van der Waals surface area contributed by atoms with E-state index in [1.54, 1.807) is 0 Å². The van der Waals surface area contributed by atoms with Crippen molar-refractivity contribution in [2.75, 3.05) is 18.8 Å². The molecule has 0 bridgehead atoms. The number of nitrogens with zero attached hydrogens (tertiary/aromatic N) is 1. The largest absolute Gasteiger partial charge is 0.399 e. The van der Waals surface area contributed by atoms with E-state index in [4.69, 9.17) is 5.73 Å². The highest BCUT2D eigenvalue weighted by atomic mass is 15.1. The first-order valence-electron chi connectivity index (χ1n) is 7.10. The van der Waals surface area contributed by atoms with Gasteiger partial charge in [-0.15, -0.1) is 0 Å². The van der Waals surface area contributed by atoms with Crippen LogP contribution in [0.5, 0.6) is 0 Å². The molecule has 2 rings (SSSR count). The molecule has 2 heteroatoms. The summed E-state index contributed by atoms with van der Waals surface area (Å²) in [5, 5.41) is 0. The third-order valence-corrected chi connectivity index (χ3v) is 4.67. The smallest absolute Gasteiger partial charge is 0.0346 e. The van der Waals surface area contributed by atoms with E-state index in [1.165, 1.54) is 43.5 Å². The topological polar surface area (TPSA) is 29.3 Å². The summed E-state index contributed by atoms with van der Waals surface area (Å²) in [5.41, 5.74) is 9.99. The Balaban J connectivity index is 1.93. The molecule has 1 fully saturated rings. The maximum atomic E-state index is 5.97. The van der Waals surface area contributed by atoms with Gasteiger partial charge >= 0.3 is 0 Å². The summed E-state index contributed by atoms with van der Waals surface area (Å²) in [6.45, 7) is 10.3. The Labute approximate surface area is 111 Å². The summed E-state index contributed by atoms with van der Waals surface area (Å²) in [4.78, 5) is 2.56. The van der Waals surface area contributed by atoms with Crippen molar-refractivity contribution in [3.63, 3.8) is 0 Å². The minimum Gasteiger partial charge on any atom is -0.399 e. The fourth-order valence-electron chi connectivity index (χ4n) is 2.65. The first-order valence-corrected chi connectivity index (χ1v) is 7.10. The second-order valence-electron chi connectivity index (χ2n) is 6.13. The molecule has 1 aromatic carbocycles. The number of hydrogen-bond acceptors (Lipinski definition) is 2. The molecule has 1 heterocycles. The lowest BCUT2D eigenvalue weighted by Crippen LogP contribution is -2.37. The van der Waals surface area contributed by atoms with Crippen molar-refractivity contribution in [1.29, 1.82) is 0 Å². The maximum absolute atomic E-state index is 5.97. The van der Waals surface area contributed by atoms with E-state index in [-0.39, 0.29) is 0 Å². The third-order valence-electron chi connectivity index (χ3n) is 4.67. The zero-order chi connectivity index (χ0) is 13.2. The lowest BCUT2D eigenvalue weighted by molar-refractivity contribution is 0.109. The van der Waals surface area contributed by atoms with Gasteiger partial charge in [0.25, 0.3) is 0 Å². The van der Waals surface area contributed by atoms with Crippen LogP contribution in [0, 0.1) is 12.3 Å². The van der Waals surface area contributed by atoms with E-state index < -0.39 is 0 Å². The van der Waals surface area contributed by atoms with Gasteiger partial charge in [-0.1, -0.05) is 32.4 Å². The minimum absolute atomic E-state index is 0.572. The molecule has 1 aromatic rings. The second kappa shape index (κ2) is 5.31. The van der Waals surface area contributed by atoms with Gasteiger partial charge in [-0.2, -0.15) is 0 Å². The molecule has 100 valence electrons. The van der Waals surface area contributed by atoms with E-state index in [0.29, 0.717) is 5.41 Å². The first kappa shape index (κ1) is 13.4. The Hall–Kier alpha value is -1.02. The van der Waals surface area contributed by atoms with Gasteiger partial charge in [0.15, 0.2) is 0 Å². The third kappa shape index (κ3) is 3.05. The maximum Gasteiger partial charge on any atom is 0.0346 e. The summed E-state index contributed by atoms with van der Waals surface area (Å²) in [6, 6.07) is 6.47. The Morgan fingerprint density at radius 1 is 1.28 bits per heavy atom. The molecule has 18 heavy (non-hydrogen) atoms. The number of piperidine rings is 1. The lowest BCUT2D eigenvalue weighted by Gasteiger charge is -2.39. The fourth-order valence-corrected chi connectivity index (χ4v) is 2.65. The molecule has 0 spiro atoms. The van der Waals surface area contributed by atoms with Crippen molar-refractivity contribution >= 4 is 5.69 Å². The molecule has 0 aromatic heterocycles. The molecule has 2 N–H and O–H groups in total. The monoisotopic (exact) mass is 246 g/mol. The van der Waals surface area contributed by atoms with Crippen LogP contribution in [0.15, 0.2) is 18.2 Å². The van der Waals surface area contributed by atoms with Gasteiger partial charge < -0.3 is 5.73 Å². The van der Waals surface area contributed by atoms with Crippen LogP contribution in [0.2, 0.25) is 0 Å². The summed E-state index contributed by atoms with van der Waals surface area (Å²) in [7, 11) is 0. The molecule has 0 aliphatic carbocycles. The van der Waals surface area contributed by atoms with Gasteiger partial charge in [0, 0.05) is 12.2 Å². The van der Waals surface area contributed by atoms with Gasteiger partial charge in [0.05, 0.1) is 0 Å². The Bertz CT molecular complexity index is 404. The summed E-state index contributed by atoms with van der Waals surface area (Å²) < 4.78 is 0. The van der Waals surface area contributed by atoms with Crippen molar-refractivity contribution in [2.45, 2.75) is 46.6 Å². The van der Waals surface area contributed by atoms with E-state index in [2.05, 4.69) is 43.9 Å². The number of nitrogens with two attached hydrogens (primary N) is 1. The molecule has 1 aliphatic rings. The molecule has 1 aliphatic heterocycles. The standard InChI is InChI=1S/C16H26N2/c1-4-16(3)7-9-18(10-8-16)12-14-6-5-13(2)15(17)11-14/h5-6,11H,4,7-10,12,17H2,1-3H3. The highest BCUT2D eigenvalue weighted by Crippen LogP contribution is 2.34. The van der Waals surface area contributed by atoms with Crippen molar-refractivity contribution in [3.8, 4) is 0 Å². The van der Waals surface area contributed by atoms with Gasteiger partial charge in [0.1, 0.15) is 0 Å². The first-order chi connectivity index (χ1) is 8.52. The van der Waals surface area contributed by atoms with Crippen LogP contribution in [-0.2, 0) is 6.54 Å². The van der Waals surface area contributed by atoms with Crippen LogP contribution in [0.25, 0.3) is 0 Å². The van der Waals surface area contributed by atoms with Crippen LogP contribution in [0.3, 0.4) is 0 Å². The zero-order valence-corrected chi connectivity index (χ0v) is 12.0. The molecule has 1 saturated heterocycles. The van der Waals surface area contributed by atoms with E-state index in [0.717, 1.165) is 12.2 Å². The SMILES string of the molecule is CCC1(C)CCN(Cc2ccc(C)c(N)c2)CC1. The number of anilines is 1. The molecular weight excluding hydrogens is 220 g/mol. The molecular formula is C16H26N2. The molecule has 0 amide bonds. The minimum atomic E-state index is 0.572. The predicted octanol–water partition coefficient (Wildman–Crippen LogP) is 3.59. The van der Waals surface area contributed by atoms with E-state index >= 15 is 0 Å². The number of hydrogen-bond donors (Lipinski definition) is 1. The molecule has 0 unspecified atom stereocenters. The molecule has 0 atom stereocenters. The van der Waals surface area contributed by atoms with Crippen molar-refractivity contribution in [2.24, 2.45) is 5.41 Å². The predicted molar refractivity (Wildman–Crippen MR) is 78.5 cm³/mol. The fraction of sp³-hybridized carbons (Fsp3) is 0.625. The van der Waals surface area contributed by atoms with Crippen LogP contribution in [0.4, 0.5) is 5.69 Å². The summed E-state index contributed by atoms with van der Waals surface area (Å²) in [5.74, 6) is 0. The van der Waals surface area contributed by atoms with Gasteiger partial charge in [-0.25, -0.2) is 0 Å². The Morgan fingerprint density at radius 3 is 2.50 bits per heavy atom. The number of aryl methyl sites for hydroxylation is 1. The number of nitrogen functional groups attached to an aromatic ring is 1. The zero-order valence-electron chi connectivity index (χ0n) is 12.0. The Kier molecular flexibility index (Phi) is 3.96. The highest BCUT2D eigenvalue weighted by Gasteiger charge is 2.27. The van der Waals surface area contributed by atoms with Gasteiger partial charge in [-0.05, 0) is 55.5 Å². The van der Waals surface area contributed by atoms with E-state index in [9.17, 15) is 0 Å². The van der Waals surface area contributed by atoms with Gasteiger partial charge in [-0.3, -0.25) is 4.90 Å². The van der Waals surface area contributed by atoms with Crippen LogP contribution >= 0.6 is 0 Å². The molecule has 0 radical (unpaired) electrons. The van der Waals surface area contributed by atoms with Crippen LogP contribution in [0.1, 0.15) is 44.2 Å². The number of likely N-dealkylation sites (tertiary alicyclic amines) is 1. The molecule has 0 saturated carbocycles. The quantitative estimate of drug-likeness (QED) is 0.826. The van der Waals surface area contributed by atoms with Gasteiger partial charge in [0.2, 0.25) is 0 Å². The van der Waals surface area contributed by atoms with Crippen molar-refractivity contribution in [1.82, 2.24) is 4.90 Å². The average molecular weight is 246 g/mol. The number of rotatable bonds is 3. The van der Waals surface area contributed by atoms with Crippen molar-refractivity contribution < 1.29 is 0 Å². The normalized spacial score (nSPS) is 19.9. The Morgan fingerprint density at radius 2 is 1.94 bits per heavy atom. The summed E-state index contributed by atoms with van der Waals surface area (Å²) >= 11 is 0. The number of benzene rings is 1. The molecule has 2 nitrogen and oxygen atoms in total. The summed E-state index contributed by atoms with van der Waals surface area (Å²) in [6.07, 6.45) is 3.95. The lowest BCUT2D eigenvalue weighted by atomic mass is 9.78. The average Bonchev–Trinajstić information content (AvgIpc) is 2.37. The van der Waals surface area contributed by atoms with Crippen molar-refractivity contribution in [3.05, 3.63) is 29.3 Å². The van der Waals surface area contributed by atoms with Crippen LogP contribution in [-0.4, -0.2) is 18.0 Å². The van der Waals surface area contributed by atoms with Crippen LogP contribution < -0.4 is 5.73 Å². The highest BCUT2D eigenvalue weighted by molar-refractivity contribution is 5.48. The second-order valence-corrected chi connectivity index (χ2v) is 6.13. The van der Waals surface area contributed by atoms with E-state index in [1.807, 2.05) is 0 Å².